The minimum Gasteiger partial charge on any atom is -0.481 e. The van der Waals surface area contributed by atoms with Crippen LogP contribution in [0.2, 0.25) is 0 Å². The van der Waals surface area contributed by atoms with E-state index in [1.807, 2.05) is 13.8 Å². The Hall–Kier alpha value is -1.32. The number of carboxylic acids is 1. The minimum absolute atomic E-state index is 0.0157. The van der Waals surface area contributed by atoms with E-state index >= 15 is 0 Å². The van der Waals surface area contributed by atoms with Gasteiger partial charge in [0.1, 0.15) is 11.7 Å². The van der Waals surface area contributed by atoms with Crippen molar-refractivity contribution in [3.8, 4) is 0 Å². The van der Waals surface area contributed by atoms with Crippen molar-refractivity contribution in [3.63, 3.8) is 0 Å². The number of hydrogen-bond acceptors (Lipinski definition) is 3. The molecule has 1 atom stereocenters. The molecule has 0 aromatic carbocycles. The van der Waals surface area contributed by atoms with Gasteiger partial charge in [0.15, 0.2) is 0 Å². The number of aryl methyl sites for hydroxylation is 1. The maximum atomic E-state index is 10.9. The van der Waals surface area contributed by atoms with E-state index in [0.29, 0.717) is 11.5 Å². The van der Waals surface area contributed by atoms with Gasteiger partial charge in [-0.25, -0.2) is 0 Å². The predicted octanol–water partition coefficient (Wildman–Crippen LogP) is 1.81. The summed E-state index contributed by atoms with van der Waals surface area (Å²) in [6.45, 7) is 5.45. The lowest BCUT2D eigenvalue weighted by Crippen LogP contribution is -2.17. The molecule has 0 saturated carbocycles. The zero-order valence-corrected chi connectivity index (χ0v) is 7.94. The molecule has 4 heteroatoms. The Morgan fingerprint density at radius 1 is 1.62 bits per heavy atom. The third-order valence-electron chi connectivity index (χ3n) is 1.90. The van der Waals surface area contributed by atoms with Gasteiger partial charge < -0.3 is 9.63 Å². The van der Waals surface area contributed by atoms with Gasteiger partial charge in [0.2, 0.25) is 0 Å². The number of rotatable bonds is 3. The molecule has 72 valence electrons. The van der Waals surface area contributed by atoms with Gasteiger partial charge in [0.05, 0.1) is 5.69 Å². The summed E-state index contributed by atoms with van der Waals surface area (Å²) in [7, 11) is 0. The largest absolute Gasteiger partial charge is 0.481 e. The first-order chi connectivity index (χ1) is 6.02. The topological polar surface area (TPSA) is 63.3 Å². The second kappa shape index (κ2) is 3.60. The minimum atomic E-state index is -0.858. The lowest BCUT2D eigenvalue weighted by atomic mass is 9.93. The van der Waals surface area contributed by atoms with Gasteiger partial charge in [0, 0.05) is 6.07 Å². The number of hydrogen-bond donors (Lipinski definition) is 1. The van der Waals surface area contributed by atoms with Gasteiger partial charge in [-0.1, -0.05) is 19.0 Å². The molecule has 13 heavy (non-hydrogen) atoms. The molecular weight excluding hydrogens is 170 g/mol. The van der Waals surface area contributed by atoms with Crippen molar-refractivity contribution < 1.29 is 14.4 Å². The summed E-state index contributed by atoms with van der Waals surface area (Å²) >= 11 is 0. The molecule has 0 saturated heterocycles. The summed E-state index contributed by atoms with van der Waals surface area (Å²) in [6, 6.07) is 1.67. The highest BCUT2D eigenvalue weighted by molar-refractivity contribution is 5.75. The first kappa shape index (κ1) is 9.77. The lowest BCUT2D eigenvalue weighted by molar-refractivity contribution is -0.140. The zero-order valence-electron chi connectivity index (χ0n) is 7.94. The van der Waals surface area contributed by atoms with Crippen molar-refractivity contribution >= 4 is 5.97 Å². The van der Waals surface area contributed by atoms with Crippen molar-refractivity contribution in [2.24, 2.45) is 5.92 Å². The molecule has 0 bridgehead atoms. The molecule has 0 spiro atoms. The van der Waals surface area contributed by atoms with E-state index in [-0.39, 0.29) is 5.92 Å². The summed E-state index contributed by atoms with van der Waals surface area (Å²) in [6.07, 6.45) is 0. The van der Waals surface area contributed by atoms with Crippen LogP contribution in [0.4, 0.5) is 0 Å². The Labute approximate surface area is 76.5 Å². The summed E-state index contributed by atoms with van der Waals surface area (Å²) in [4.78, 5) is 10.9. The normalized spacial score (nSPS) is 13.2. The smallest absolute Gasteiger partial charge is 0.312 e. The highest BCUT2D eigenvalue weighted by Crippen LogP contribution is 2.23. The van der Waals surface area contributed by atoms with E-state index in [4.69, 9.17) is 9.63 Å². The lowest BCUT2D eigenvalue weighted by Gasteiger charge is -2.11. The Balaban J connectivity index is 2.95. The molecule has 1 aromatic heterocycles. The highest BCUT2D eigenvalue weighted by Gasteiger charge is 2.26. The predicted molar refractivity (Wildman–Crippen MR) is 46.5 cm³/mol. The van der Waals surface area contributed by atoms with E-state index < -0.39 is 11.9 Å². The van der Waals surface area contributed by atoms with Crippen LogP contribution in [0.25, 0.3) is 0 Å². The van der Waals surface area contributed by atoms with E-state index in [1.165, 1.54) is 0 Å². The van der Waals surface area contributed by atoms with Gasteiger partial charge in [-0.05, 0) is 12.8 Å². The quantitative estimate of drug-likeness (QED) is 0.776. The van der Waals surface area contributed by atoms with E-state index in [9.17, 15) is 4.79 Å². The van der Waals surface area contributed by atoms with Gasteiger partial charge >= 0.3 is 5.97 Å². The molecule has 4 nitrogen and oxygen atoms in total. The fourth-order valence-electron chi connectivity index (χ4n) is 1.29. The van der Waals surface area contributed by atoms with Crippen molar-refractivity contribution in [1.82, 2.24) is 5.16 Å². The number of carbonyl (C=O) groups is 1. The number of nitrogens with zero attached hydrogens (tertiary/aromatic N) is 1. The molecule has 0 amide bonds. The van der Waals surface area contributed by atoms with E-state index in [2.05, 4.69) is 5.16 Å². The van der Waals surface area contributed by atoms with E-state index in [0.717, 1.165) is 0 Å². The summed E-state index contributed by atoms with van der Waals surface area (Å²) < 4.78 is 4.83. The maximum Gasteiger partial charge on any atom is 0.312 e. The van der Waals surface area contributed by atoms with E-state index in [1.54, 1.807) is 13.0 Å². The van der Waals surface area contributed by atoms with Gasteiger partial charge in [-0.15, -0.1) is 0 Å². The summed E-state index contributed by atoms with van der Waals surface area (Å²) in [5.41, 5.74) is 0.500. The van der Waals surface area contributed by atoms with Crippen LogP contribution in [0, 0.1) is 12.8 Å². The van der Waals surface area contributed by atoms with Crippen LogP contribution in [-0.4, -0.2) is 16.2 Å². The monoisotopic (exact) mass is 183 g/mol. The van der Waals surface area contributed by atoms with Crippen LogP contribution in [0.3, 0.4) is 0 Å². The third-order valence-corrected chi connectivity index (χ3v) is 1.90. The Kier molecular flexibility index (Phi) is 2.70. The molecule has 1 rings (SSSR count). The molecule has 0 fully saturated rings. The van der Waals surface area contributed by atoms with Crippen LogP contribution in [0.1, 0.15) is 31.2 Å². The van der Waals surface area contributed by atoms with Crippen LogP contribution >= 0.6 is 0 Å². The second-order valence-corrected chi connectivity index (χ2v) is 3.42. The average Bonchev–Trinajstić information content (AvgIpc) is 2.34. The van der Waals surface area contributed by atoms with Crippen LogP contribution < -0.4 is 0 Å². The third kappa shape index (κ3) is 2.08. The van der Waals surface area contributed by atoms with Crippen molar-refractivity contribution in [3.05, 3.63) is 17.5 Å². The second-order valence-electron chi connectivity index (χ2n) is 3.42. The number of aromatic nitrogens is 1. The van der Waals surface area contributed by atoms with Crippen molar-refractivity contribution in [2.75, 3.05) is 0 Å². The standard InChI is InChI=1S/C9H13NO3/c1-5(2)8(9(11)12)7-4-6(3)13-10-7/h4-5,8H,1-3H3,(H,11,12). The molecule has 1 unspecified atom stereocenters. The molecular formula is C9H13NO3. The molecule has 1 N–H and O–H groups in total. The number of carboxylic acid groups (broad SMARTS) is 1. The molecule has 0 aliphatic carbocycles. The van der Waals surface area contributed by atoms with Crippen LogP contribution in [0.15, 0.2) is 10.6 Å². The molecule has 0 radical (unpaired) electrons. The molecule has 1 heterocycles. The fraction of sp³-hybridized carbons (Fsp3) is 0.556. The Morgan fingerprint density at radius 3 is 2.54 bits per heavy atom. The zero-order chi connectivity index (χ0) is 10.0. The first-order valence-electron chi connectivity index (χ1n) is 4.18. The summed E-state index contributed by atoms with van der Waals surface area (Å²) in [5, 5.41) is 12.6. The van der Waals surface area contributed by atoms with Crippen LogP contribution in [0.5, 0.6) is 0 Å². The molecule has 0 aliphatic rings. The summed E-state index contributed by atoms with van der Waals surface area (Å²) in [5.74, 6) is -0.773. The highest BCUT2D eigenvalue weighted by atomic mass is 16.5. The Morgan fingerprint density at radius 2 is 2.23 bits per heavy atom. The first-order valence-corrected chi connectivity index (χ1v) is 4.18. The van der Waals surface area contributed by atoms with Crippen molar-refractivity contribution in [1.29, 1.82) is 0 Å². The fourth-order valence-corrected chi connectivity index (χ4v) is 1.29. The molecule has 0 aliphatic heterocycles. The van der Waals surface area contributed by atoms with Crippen LogP contribution in [-0.2, 0) is 4.79 Å². The number of aliphatic carboxylic acids is 1. The Bertz CT molecular complexity index is 304. The average molecular weight is 183 g/mol. The van der Waals surface area contributed by atoms with Crippen molar-refractivity contribution in [2.45, 2.75) is 26.7 Å². The van der Waals surface area contributed by atoms with Gasteiger partial charge in [-0.2, -0.15) is 0 Å². The SMILES string of the molecule is Cc1cc(C(C(=O)O)C(C)C)no1. The van der Waals surface area contributed by atoms with Gasteiger partial charge in [-0.3, -0.25) is 4.79 Å². The van der Waals surface area contributed by atoms with Gasteiger partial charge in [0.25, 0.3) is 0 Å². The molecule has 1 aromatic rings. The maximum absolute atomic E-state index is 10.9.